The van der Waals surface area contributed by atoms with Gasteiger partial charge in [0.15, 0.2) is 0 Å². The van der Waals surface area contributed by atoms with Crippen LogP contribution in [0.3, 0.4) is 0 Å². The minimum Gasteiger partial charge on any atom is -0.468 e. The van der Waals surface area contributed by atoms with Gasteiger partial charge in [-0.1, -0.05) is 19.8 Å². The first-order valence-corrected chi connectivity index (χ1v) is 8.23. The molecule has 0 bridgehead atoms. The summed E-state index contributed by atoms with van der Waals surface area (Å²) >= 11 is 0. The zero-order valence-electron chi connectivity index (χ0n) is 13.1. The Hall–Kier alpha value is -0.610. The smallest absolute Gasteiger partial charge is 0.326 e. The quantitative estimate of drug-likeness (QED) is 0.786. The molecule has 3 unspecified atom stereocenters. The van der Waals surface area contributed by atoms with Crippen molar-refractivity contribution in [3.05, 3.63) is 0 Å². The number of rotatable bonds is 5. The molecule has 2 aliphatic rings. The lowest BCUT2D eigenvalue weighted by atomic mass is 9.85. The topological polar surface area (TPSA) is 55.6 Å². The second kappa shape index (κ2) is 6.90. The summed E-state index contributed by atoms with van der Waals surface area (Å²) in [4.78, 5) is 14.6. The largest absolute Gasteiger partial charge is 0.468 e. The molecule has 0 radical (unpaired) electrons. The molecule has 0 aromatic heterocycles. The molecule has 1 heterocycles. The predicted octanol–water partition coefficient (Wildman–Crippen LogP) is 2.31. The van der Waals surface area contributed by atoms with Crippen molar-refractivity contribution in [1.82, 2.24) is 4.90 Å². The van der Waals surface area contributed by atoms with Crippen LogP contribution in [-0.4, -0.2) is 42.6 Å². The maximum absolute atomic E-state index is 12.0. The van der Waals surface area contributed by atoms with Crippen LogP contribution in [0, 0.1) is 5.92 Å². The zero-order chi connectivity index (χ0) is 14.6. The van der Waals surface area contributed by atoms with Crippen LogP contribution in [0.4, 0.5) is 0 Å². The van der Waals surface area contributed by atoms with Gasteiger partial charge < -0.3 is 15.4 Å². The molecule has 3 atom stereocenters. The SMILES string of the molecule is CCC1CCCCN1CCC1CCCC1(N)C(=O)OC. The van der Waals surface area contributed by atoms with Crippen LogP contribution in [0.1, 0.15) is 58.3 Å². The monoisotopic (exact) mass is 282 g/mol. The second-order valence-corrected chi connectivity index (χ2v) is 6.50. The molecule has 2 rings (SSSR count). The van der Waals surface area contributed by atoms with E-state index in [0.29, 0.717) is 0 Å². The maximum atomic E-state index is 12.0. The third kappa shape index (κ3) is 3.17. The highest BCUT2D eigenvalue weighted by Crippen LogP contribution is 2.37. The predicted molar refractivity (Wildman–Crippen MR) is 80.4 cm³/mol. The highest BCUT2D eigenvalue weighted by molar-refractivity contribution is 5.81. The van der Waals surface area contributed by atoms with E-state index < -0.39 is 5.54 Å². The van der Waals surface area contributed by atoms with Crippen molar-refractivity contribution >= 4 is 5.97 Å². The summed E-state index contributed by atoms with van der Waals surface area (Å²) in [6.07, 6.45) is 9.15. The molecular weight excluding hydrogens is 252 g/mol. The van der Waals surface area contributed by atoms with Crippen molar-refractivity contribution in [2.45, 2.75) is 69.9 Å². The summed E-state index contributed by atoms with van der Waals surface area (Å²) in [7, 11) is 1.45. The van der Waals surface area contributed by atoms with Gasteiger partial charge in [-0.3, -0.25) is 4.79 Å². The number of likely N-dealkylation sites (tertiary alicyclic amines) is 1. The molecule has 116 valence electrons. The van der Waals surface area contributed by atoms with Crippen molar-refractivity contribution < 1.29 is 9.53 Å². The fourth-order valence-electron chi connectivity index (χ4n) is 4.10. The summed E-state index contributed by atoms with van der Waals surface area (Å²) in [5, 5.41) is 0. The summed E-state index contributed by atoms with van der Waals surface area (Å²) in [6, 6.07) is 0.732. The Morgan fingerprint density at radius 1 is 1.35 bits per heavy atom. The van der Waals surface area contributed by atoms with Crippen LogP contribution in [0.2, 0.25) is 0 Å². The molecule has 0 aromatic carbocycles. The Morgan fingerprint density at radius 3 is 2.85 bits per heavy atom. The van der Waals surface area contributed by atoms with Crippen molar-refractivity contribution in [3.8, 4) is 0 Å². The number of hydrogen-bond acceptors (Lipinski definition) is 4. The minimum absolute atomic E-state index is 0.217. The molecule has 1 aliphatic carbocycles. The van der Waals surface area contributed by atoms with Gasteiger partial charge in [0, 0.05) is 6.04 Å². The fraction of sp³-hybridized carbons (Fsp3) is 0.938. The van der Waals surface area contributed by atoms with Gasteiger partial charge in [0.2, 0.25) is 0 Å². The summed E-state index contributed by atoms with van der Waals surface area (Å²) in [6.45, 7) is 4.57. The standard InChI is InChI=1S/C16H30N2O2/c1-3-14-8-4-5-11-18(14)12-9-13-7-6-10-16(13,17)15(19)20-2/h13-14H,3-12,17H2,1-2H3. The van der Waals surface area contributed by atoms with E-state index in [1.807, 2.05) is 0 Å². The third-order valence-electron chi connectivity index (χ3n) is 5.42. The maximum Gasteiger partial charge on any atom is 0.326 e. The fourth-order valence-corrected chi connectivity index (χ4v) is 4.10. The van der Waals surface area contributed by atoms with Gasteiger partial charge in [-0.05, 0) is 57.5 Å². The number of esters is 1. The van der Waals surface area contributed by atoms with Crippen molar-refractivity contribution in [3.63, 3.8) is 0 Å². The lowest BCUT2D eigenvalue weighted by Crippen LogP contribution is -2.52. The summed E-state index contributed by atoms with van der Waals surface area (Å²) in [5.41, 5.74) is 5.62. The highest BCUT2D eigenvalue weighted by Gasteiger charge is 2.46. The van der Waals surface area contributed by atoms with Crippen LogP contribution < -0.4 is 5.73 Å². The average Bonchev–Trinajstić information content (AvgIpc) is 2.86. The number of nitrogens with zero attached hydrogens (tertiary/aromatic N) is 1. The van der Waals surface area contributed by atoms with E-state index in [9.17, 15) is 4.79 Å². The molecule has 2 N–H and O–H groups in total. The molecule has 0 aromatic rings. The minimum atomic E-state index is -0.730. The zero-order valence-corrected chi connectivity index (χ0v) is 13.1. The van der Waals surface area contributed by atoms with E-state index in [2.05, 4.69) is 11.8 Å². The van der Waals surface area contributed by atoms with Crippen LogP contribution in [-0.2, 0) is 9.53 Å². The van der Waals surface area contributed by atoms with E-state index in [4.69, 9.17) is 10.5 Å². The average molecular weight is 282 g/mol. The van der Waals surface area contributed by atoms with Gasteiger partial charge in [-0.15, -0.1) is 0 Å². The molecule has 20 heavy (non-hydrogen) atoms. The lowest BCUT2D eigenvalue weighted by molar-refractivity contribution is -0.148. The van der Waals surface area contributed by atoms with E-state index in [1.165, 1.54) is 39.3 Å². The molecule has 4 nitrogen and oxygen atoms in total. The van der Waals surface area contributed by atoms with Crippen LogP contribution >= 0.6 is 0 Å². The first kappa shape index (κ1) is 15.8. The van der Waals surface area contributed by atoms with E-state index in [0.717, 1.165) is 38.3 Å². The Labute approximate surface area is 123 Å². The molecule has 2 fully saturated rings. The lowest BCUT2D eigenvalue weighted by Gasteiger charge is -2.37. The molecule has 4 heteroatoms. The molecule has 1 saturated heterocycles. The number of piperidine rings is 1. The number of hydrogen-bond donors (Lipinski definition) is 1. The molecular formula is C16H30N2O2. The third-order valence-corrected chi connectivity index (χ3v) is 5.42. The summed E-state index contributed by atoms with van der Waals surface area (Å²) < 4.78 is 4.92. The number of carbonyl (C=O) groups excluding carboxylic acids is 1. The molecule has 1 aliphatic heterocycles. The Bertz CT molecular complexity index is 334. The molecule has 0 amide bonds. The van der Waals surface area contributed by atoms with Crippen molar-refractivity contribution in [1.29, 1.82) is 0 Å². The Morgan fingerprint density at radius 2 is 2.15 bits per heavy atom. The van der Waals surface area contributed by atoms with Gasteiger partial charge in [-0.25, -0.2) is 0 Å². The Kier molecular flexibility index (Phi) is 5.44. The van der Waals surface area contributed by atoms with Crippen molar-refractivity contribution in [2.75, 3.05) is 20.2 Å². The summed E-state index contributed by atoms with van der Waals surface area (Å²) in [5.74, 6) is 0.0695. The van der Waals surface area contributed by atoms with Gasteiger partial charge in [0.1, 0.15) is 5.54 Å². The first-order valence-electron chi connectivity index (χ1n) is 8.23. The van der Waals surface area contributed by atoms with Crippen LogP contribution in [0.5, 0.6) is 0 Å². The van der Waals surface area contributed by atoms with Gasteiger partial charge in [-0.2, -0.15) is 0 Å². The Balaban J connectivity index is 1.90. The van der Waals surface area contributed by atoms with Crippen LogP contribution in [0.25, 0.3) is 0 Å². The number of ether oxygens (including phenoxy) is 1. The number of methoxy groups -OCH3 is 1. The number of nitrogens with two attached hydrogens (primary N) is 1. The van der Waals surface area contributed by atoms with E-state index >= 15 is 0 Å². The first-order chi connectivity index (χ1) is 9.61. The van der Waals surface area contributed by atoms with E-state index in [1.54, 1.807) is 0 Å². The van der Waals surface area contributed by atoms with Gasteiger partial charge in [0.05, 0.1) is 7.11 Å². The normalized spacial score (nSPS) is 35.1. The van der Waals surface area contributed by atoms with Crippen LogP contribution in [0.15, 0.2) is 0 Å². The highest BCUT2D eigenvalue weighted by atomic mass is 16.5. The molecule has 0 spiro atoms. The second-order valence-electron chi connectivity index (χ2n) is 6.50. The van der Waals surface area contributed by atoms with Gasteiger partial charge in [0.25, 0.3) is 0 Å². The molecule has 1 saturated carbocycles. The van der Waals surface area contributed by atoms with Crippen molar-refractivity contribution in [2.24, 2.45) is 11.7 Å². The van der Waals surface area contributed by atoms with Gasteiger partial charge >= 0.3 is 5.97 Å². The van der Waals surface area contributed by atoms with E-state index in [-0.39, 0.29) is 11.9 Å². The number of carbonyl (C=O) groups is 1.